The van der Waals surface area contributed by atoms with E-state index in [9.17, 15) is 4.79 Å². The van der Waals surface area contributed by atoms with E-state index in [0.717, 1.165) is 51.1 Å². The Morgan fingerprint density at radius 3 is 2.50 bits per heavy atom. The molecule has 1 aromatic heterocycles. The second-order valence-corrected chi connectivity index (χ2v) is 9.55. The molecule has 5 nitrogen and oxygen atoms in total. The van der Waals surface area contributed by atoms with Gasteiger partial charge in [-0.05, 0) is 52.2 Å². The second-order valence-electron chi connectivity index (χ2n) is 8.44. The van der Waals surface area contributed by atoms with E-state index in [0.29, 0.717) is 18.0 Å². The number of fused-ring (bicyclic) bond motifs is 1. The second kappa shape index (κ2) is 8.47. The van der Waals surface area contributed by atoms with Crippen LogP contribution in [0, 0.1) is 0 Å². The Kier molecular flexibility index (Phi) is 5.99. The maximum atomic E-state index is 13.2. The number of thiazole rings is 1. The Bertz CT molecular complexity index is 771. The fourth-order valence-corrected chi connectivity index (χ4v) is 5.73. The van der Waals surface area contributed by atoms with Crippen molar-refractivity contribution in [3.05, 3.63) is 29.3 Å². The molecule has 152 valence electrons. The van der Waals surface area contributed by atoms with Crippen molar-refractivity contribution in [2.75, 3.05) is 26.2 Å². The maximum absolute atomic E-state index is 13.2. The van der Waals surface area contributed by atoms with Gasteiger partial charge in [0.1, 0.15) is 5.01 Å². The number of rotatable bonds is 4. The molecule has 0 N–H and O–H groups in total. The van der Waals surface area contributed by atoms with Crippen LogP contribution in [0.4, 0.5) is 0 Å². The highest BCUT2D eigenvalue weighted by molar-refractivity contribution is 7.18. The lowest BCUT2D eigenvalue weighted by molar-refractivity contribution is -0.143. The normalized spacial score (nSPS) is 25.9. The number of carbonyl (C=O) groups excluding carboxylic acids is 1. The maximum Gasteiger partial charge on any atom is 0.240 e. The molecule has 0 aliphatic carbocycles. The molecule has 0 unspecified atom stereocenters. The molecule has 3 atom stereocenters. The molecule has 6 heteroatoms. The van der Waals surface area contributed by atoms with Gasteiger partial charge < -0.3 is 4.90 Å². The standard InChI is InChI=1S/C22H32N4OS/c1-16-7-6-8-17(2)26(16)22(27)18(3)25-13-11-24(12-14-25)15-21-23-19-9-4-5-10-20(19)28-21/h4-5,9-10,16-18H,6-8,11-15H2,1-3H3/t16-,17-,18-/m1/s1. The first-order valence-electron chi connectivity index (χ1n) is 10.7. The SMILES string of the molecule is C[C@H](C(=O)N1[C@H](C)CCC[C@H]1C)N1CCN(Cc2nc3ccccc3s2)CC1. The van der Waals surface area contributed by atoms with E-state index < -0.39 is 0 Å². The lowest BCUT2D eigenvalue weighted by Gasteiger charge is -2.44. The summed E-state index contributed by atoms with van der Waals surface area (Å²) >= 11 is 1.79. The van der Waals surface area contributed by atoms with Crippen LogP contribution in [-0.2, 0) is 11.3 Å². The summed E-state index contributed by atoms with van der Waals surface area (Å²) in [7, 11) is 0. The third-order valence-electron chi connectivity index (χ3n) is 6.46. The minimum absolute atomic E-state index is 0.0207. The van der Waals surface area contributed by atoms with E-state index in [4.69, 9.17) is 4.98 Å². The van der Waals surface area contributed by atoms with Crippen LogP contribution in [0.5, 0.6) is 0 Å². The number of carbonyl (C=O) groups is 1. The third-order valence-corrected chi connectivity index (χ3v) is 7.48. The summed E-state index contributed by atoms with van der Waals surface area (Å²) in [6.45, 7) is 11.3. The van der Waals surface area contributed by atoms with Gasteiger partial charge in [-0.25, -0.2) is 4.98 Å². The van der Waals surface area contributed by atoms with Crippen molar-refractivity contribution in [1.82, 2.24) is 19.7 Å². The quantitative estimate of drug-likeness (QED) is 0.786. The molecular weight excluding hydrogens is 368 g/mol. The number of hydrogen-bond donors (Lipinski definition) is 0. The van der Waals surface area contributed by atoms with Crippen LogP contribution in [0.25, 0.3) is 10.2 Å². The zero-order valence-electron chi connectivity index (χ0n) is 17.3. The lowest BCUT2D eigenvalue weighted by Crippen LogP contribution is -2.58. The van der Waals surface area contributed by atoms with Crippen LogP contribution in [0.15, 0.2) is 24.3 Å². The number of aromatic nitrogens is 1. The summed E-state index contributed by atoms with van der Waals surface area (Å²) in [4.78, 5) is 24.9. The van der Waals surface area contributed by atoms with Crippen molar-refractivity contribution in [3.63, 3.8) is 0 Å². The van der Waals surface area contributed by atoms with Crippen LogP contribution in [-0.4, -0.2) is 69.9 Å². The number of likely N-dealkylation sites (tertiary alicyclic amines) is 1. The molecule has 3 heterocycles. The smallest absolute Gasteiger partial charge is 0.240 e. The van der Waals surface area contributed by atoms with Gasteiger partial charge in [0.2, 0.25) is 5.91 Å². The molecule has 2 aromatic rings. The fraction of sp³-hybridized carbons (Fsp3) is 0.636. The van der Waals surface area contributed by atoms with Gasteiger partial charge in [0.25, 0.3) is 0 Å². The van der Waals surface area contributed by atoms with Gasteiger partial charge in [-0.2, -0.15) is 0 Å². The molecule has 28 heavy (non-hydrogen) atoms. The van der Waals surface area contributed by atoms with Gasteiger partial charge in [0.05, 0.1) is 22.8 Å². The number of piperazine rings is 1. The Hall–Kier alpha value is -1.50. The van der Waals surface area contributed by atoms with Crippen molar-refractivity contribution in [2.24, 2.45) is 0 Å². The summed E-state index contributed by atoms with van der Waals surface area (Å²) < 4.78 is 1.26. The minimum Gasteiger partial charge on any atom is -0.336 e. The highest BCUT2D eigenvalue weighted by Gasteiger charge is 2.34. The first-order chi connectivity index (χ1) is 13.5. The predicted molar refractivity (Wildman–Crippen MR) is 116 cm³/mol. The Labute approximate surface area is 172 Å². The molecule has 1 amide bonds. The van der Waals surface area contributed by atoms with Gasteiger partial charge in [0.15, 0.2) is 0 Å². The number of amides is 1. The molecule has 0 bridgehead atoms. The summed E-state index contributed by atoms with van der Waals surface area (Å²) in [5, 5.41) is 1.19. The molecule has 0 radical (unpaired) electrons. The largest absolute Gasteiger partial charge is 0.336 e. The van der Waals surface area contributed by atoms with E-state index in [-0.39, 0.29) is 6.04 Å². The Morgan fingerprint density at radius 2 is 1.82 bits per heavy atom. The number of nitrogens with zero attached hydrogens (tertiary/aromatic N) is 4. The van der Waals surface area contributed by atoms with Crippen LogP contribution >= 0.6 is 11.3 Å². The van der Waals surface area contributed by atoms with Crippen molar-refractivity contribution >= 4 is 27.5 Å². The summed E-state index contributed by atoms with van der Waals surface area (Å²) in [5.41, 5.74) is 1.10. The van der Waals surface area contributed by atoms with Crippen molar-refractivity contribution < 1.29 is 4.79 Å². The Morgan fingerprint density at radius 1 is 1.14 bits per heavy atom. The molecule has 0 saturated carbocycles. The minimum atomic E-state index is -0.0207. The molecule has 4 rings (SSSR count). The summed E-state index contributed by atoms with van der Waals surface area (Å²) in [6, 6.07) is 9.08. The number of hydrogen-bond acceptors (Lipinski definition) is 5. The van der Waals surface area contributed by atoms with E-state index in [2.05, 4.69) is 53.7 Å². The monoisotopic (exact) mass is 400 g/mol. The summed E-state index contributed by atoms with van der Waals surface area (Å²) in [6.07, 6.45) is 3.52. The topological polar surface area (TPSA) is 39.7 Å². The molecule has 0 spiro atoms. The van der Waals surface area contributed by atoms with E-state index >= 15 is 0 Å². The predicted octanol–water partition coefficient (Wildman–Crippen LogP) is 3.59. The Balaban J connectivity index is 1.32. The molecule has 2 aliphatic rings. The third kappa shape index (κ3) is 4.09. The zero-order chi connectivity index (χ0) is 19.7. The molecule has 2 aliphatic heterocycles. The van der Waals surface area contributed by atoms with E-state index in [1.165, 1.54) is 16.1 Å². The lowest BCUT2D eigenvalue weighted by atomic mass is 9.96. The number of para-hydroxylation sites is 1. The fourth-order valence-electron chi connectivity index (χ4n) is 4.72. The van der Waals surface area contributed by atoms with E-state index in [1.807, 2.05) is 6.07 Å². The average Bonchev–Trinajstić information content (AvgIpc) is 3.10. The van der Waals surface area contributed by atoms with Gasteiger partial charge >= 0.3 is 0 Å². The van der Waals surface area contributed by atoms with Crippen molar-refractivity contribution in [3.8, 4) is 0 Å². The van der Waals surface area contributed by atoms with E-state index in [1.54, 1.807) is 11.3 Å². The summed E-state index contributed by atoms with van der Waals surface area (Å²) in [5.74, 6) is 0.319. The van der Waals surface area contributed by atoms with Crippen molar-refractivity contribution in [1.29, 1.82) is 0 Å². The van der Waals surface area contributed by atoms with Gasteiger partial charge in [-0.3, -0.25) is 14.6 Å². The van der Waals surface area contributed by atoms with Crippen LogP contribution in [0.2, 0.25) is 0 Å². The van der Waals surface area contributed by atoms with Crippen LogP contribution in [0.3, 0.4) is 0 Å². The van der Waals surface area contributed by atoms with Crippen molar-refractivity contribution in [2.45, 2.75) is 64.7 Å². The van der Waals surface area contributed by atoms with Crippen LogP contribution < -0.4 is 0 Å². The van der Waals surface area contributed by atoms with Gasteiger partial charge in [-0.1, -0.05) is 12.1 Å². The van der Waals surface area contributed by atoms with Gasteiger partial charge in [0, 0.05) is 38.3 Å². The molecule has 2 fully saturated rings. The molecule has 2 saturated heterocycles. The number of benzene rings is 1. The molecule has 1 aromatic carbocycles. The zero-order valence-corrected chi connectivity index (χ0v) is 18.1. The first kappa shape index (κ1) is 19.8. The van der Waals surface area contributed by atoms with Crippen LogP contribution in [0.1, 0.15) is 45.0 Å². The number of piperidine rings is 1. The highest BCUT2D eigenvalue weighted by atomic mass is 32.1. The molecular formula is C22H32N4OS. The average molecular weight is 401 g/mol. The van der Waals surface area contributed by atoms with Gasteiger partial charge in [-0.15, -0.1) is 11.3 Å². The highest BCUT2D eigenvalue weighted by Crippen LogP contribution is 2.25. The first-order valence-corrected chi connectivity index (χ1v) is 11.5.